The second kappa shape index (κ2) is 16.0. The topological polar surface area (TPSA) is 77.3 Å². The van der Waals surface area contributed by atoms with Gasteiger partial charge in [-0.15, -0.1) is 0 Å². The van der Waals surface area contributed by atoms with Crippen LogP contribution in [0.3, 0.4) is 0 Å². The molecule has 2 heterocycles. The summed E-state index contributed by atoms with van der Waals surface area (Å²) >= 11 is 0. The average molecular weight is 785 g/mol. The molecule has 290 valence electrons. The van der Waals surface area contributed by atoms with E-state index in [1.54, 1.807) is 0 Å². The van der Waals surface area contributed by atoms with E-state index in [4.69, 9.17) is 29.9 Å². The van der Waals surface area contributed by atoms with E-state index in [0.717, 1.165) is 55.6 Å². The number of aryl methyl sites for hydroxylation is 3. The molecule has 0 fully saturated rings. The van der Waals surface area contributed by atoms with Gasteiger partial charge in [-0.3, -0.25) is 0 Å². The van der Waals surface area contributed by atoms with Crippen LogP contribution in [0.15, 0.2) is 188 Å². The standard InChI is InChI=1S/C55H40N6/c1-35-9-15-42(16-10-35)51-56-50(41-7-5-4-6-8-41)57-54(59-51)45-27-21-38(22-28-45)47-31-25-40-26-32-48(34-49(40)33-47)39-23-29-46(30-24-39)55-60-52(43-17-11-36(2)12-18-43)58-53(61-55)44-19-13-37(3)14-20-44/h4-34H,1-3H3. The van der Waals surface area contributed by atoms with E-state index in [-0.39, 0.29) is 0 Å². The van der Waals surface area contributed by atoms with Crippen LogP contribution in [0.5, 0.6) is 0 Å². The first-order chi connectivity index (χ1) is 29.9. The fourth-order valence-corrected chi connectivity index (χ4v) is 7.45. The monoisotopic (exact) mass is 784 g/mol. The maximum absolute atomic E-state index is 4.95. The van der Waals surface area contributed by atoms with Crippen LogP contribution in [0.4, 0.5) is 0 Å². The van der Waals surface area contributed by atoms with Crippen molar-refractivity contribution in [2.24, 2.45) is 0 Å². The summed E-state index contributed by atoms with van der Waals surface area (Å²) in [7, 11) is 0. The summed E-state index contributed by atoms with van der Waals surface area (Å²) in [5.41, 5.74) is 13.7. The molecular weight excluding hydrogens is 745 g/mol. The Hall–Kier alpha value is -7.96. The van der Waals surface area contributed by atoms with Gasteiger partial charge in [-0.2, -0.15) is 0 Å². The minimum Gasteiger partial charge on any atom is -0.208 e. The highest BCUT2D eigenvalue weighted by molar-refractivity contribution is 5.91. The Balaban J connectivity index is 0.939. The third-order valence-corrected chi connectivity index (χ3v) is 11.0. The molecule has 10 rings (SSSR count). The van der Waals surface area contributed by atoms with Crippen molar-refractivity contribution in [3.05, 3.63) is 205 Å². The molecular formula is C55H40N6. The van der Waals surface area contributed by atoms with Gasteiger partial charge in [0.05, 0.1) is 0 Å². The van der Waals surface area contributed by atoms with Crippen LogP contribution in [0.1, 0.15) is 16.7 Å². The SMILES string of the molecule is Cc1ccc(-c2nc(-c3ccccc3)nc(-c3ccc(-c4ccc5ccc(-c6ccc(-c7nc(-c8ccc(C)cc8)nc(-c8ccc(C)cc8)n7)cc6)cc5c4)cc3)n2)cc1. The Morgan fingerprint density at radius 1 is 0.213 bits per heavy atom. The molecule has 2 aromatic heterocycles. The summed E-state index contributed by atoms with van der Waals surface area (Å²) in [5, 5.41) is 2.35. The average Bonchev–Trinajstić information content (AvgIpc) is 3.32. The van der Waals surface area contributed by atoms with Gasteiger partial charge in [0.2, 0.25) is 0 Å². The molecule has 0 atom stereocenters. The molecule has 0 aliphatic carbocycles. The molecule has 6 nitrogen and oxygen atoms in total. The van der Waals surface area contributed by atoms with Crippen LogP contribution in [0.25, 0.3) is 101 Å². The van der Waals surface area contributed by atoms with Crippen LogP contribution in [-0.4, -0.2) is 29.9 Å². The minimum absolute atomic E-state index is 0.638. The molecule has 0 spiro atoms. The third-order valence-electron chi connectivity index (χ3n) is 11.0. The highest BCUT2D eigenvalue weighted by atomic mass is 15.0. The Kier molecular flexibility index (Phi) is 9.79. The summed E-state index contributed by atoms with van der Waals surface area (Å²) in [6, 6.07) is 65.2. The summed E-state index contributed by atoms with van der Waals surface area (Å²) in [5.74, 6) is 3.88. The molecule has 8 aromatic carbocycles. The fraction of sp³-hybridized carbons (Fsp3) is 0.0545. The van der Waals surface area contributed by atoms with E-state index in [1.807, 2.05) is 30.3 Å². The number of fused-ring (bicyclic) bond motifs is 1. The lowest BCUT2D eigenvalue weighted by Gasteiger charge is -2.11. The van der Waals surface area contributed by atoms with Crippen molar-refractivity contribution < 1.29 is 0 Å². The van der Waals surface area contributed by atoms with Gasteiger partial charge < -0.3 is 0 Å². The number of hydrogen-bond donors (Lipinski definition) is 0. The molecule has 0 saturated carbocycles. The number of benzene rings is 8. The summed E-state index contributed by atoms with van der Waals surface area (Å²) in [4.78, 5) is 29.5. The molecule has 61 heavy (non-hydrogen) atoms. The normalized spacial score (nSPS) is 11.2. The van der Waals surface area contributed by atoms with Gasteiger partial charge in [-0.05, 0) is 65.9 Å². The zero-order valence-corrected chi connectivity index (χ0v) is 34.1. The van der Waals surface area contributed by atoms with Crippen molar-refractivity contribution in [1.82, 2.24) is 29.9 Å². The lowest BCUT2D eigenvalue weighted by atomic mass is 9.96. The highest BCUT2D eigenvalue weighted by Gasteiger charge is 2.15. The number of nitrogens with zero attached hydrogens (tertiary/aromatic N) is 6. The molecule has 0 bridgehead atoms. The van der Waals surface area contributed by atoms with Gasteiger partial charge in [0.25, 0.3) is 0 Å². The Morgan fingerprint density at radius 2 is 0.459 bits per heavy atom. The smallest absolute Gasteiger partial charge is 0.164 e. The van der Waals surface area contributed by atoms with E-state index < -0.39 is 0 Å². The Morgan fingerprint density at radius 3 is 0.770 bits per heavy atom. The predicted octanol–water partition coefficient (Wildman–Crippen LogP) is 13.5. The van der Waals surface area contributed by atoms with Crippen molar-refractivity contribution in [2.75, 3.05) is 0 Å². The van der Waals surface area contributed by atoms with E-state index in [2.05, 4.69) is 178 Å². The summed E-state index contributed by atoms with van der Waals surface area (Å²) < 4.78 is 0. The molecule has 10 aromatic rings. The van der Waals surface area contributed by atoms with Crippen molar-refractivity contribution in [3.63, 3.8) is 0 Å². The van der Waals surface area contributed by atoms with E-state index in [1.165, 1.54) is 27.5 Å². The largest absolute Gasteiger partial charge is 0.208 e. The van der Waals surface area contributed by atoms with Gasteiger partial charge in [0.1, 0.15) is 0 Å². The van der Waals surface area contributed by atoms with Gasteiger partial charge in [0, 0.05) is 33.4 Å². The van der Waals surface area contributed by atoms with E-state index >= 15 is 0 Å². The van der Waals surface area contributed by atoms with Crippen LogP contribution in [0, 0.1) is 20.8 Å². The maximum Gasteiger partial charge on any atom is 0.164 e. The first kappa shape index (κ1) is 37.3. The van der Waals surface area contributed by atoms with Crippen molar-refractivity contribution in [2.45, 2.75) is 20.8 Å². The third kappa shape index (κ3) is 7.95. The van der Waals surface area contributed by atoms with E-state index in [0.29, 0.717) is 34.9 Å². The fourth-order valence-electron chi connectivity index (χ4n) is 7.45. The first-order valence-corrected chi connectivity index (χ1v) is 20.4. The maximum atomic E-state index is 4.95. The minimum atomic E-state index is 0.638. The van der Waals surface area contributed by atoms with Gasteiger partial charge in [0.15, 0.2) is 34.9 Å². The van der Waals surface area contributed by atoms with Crippen LogP contribution in [0.2, 0.25) is 0 Å². The zero-order chi connectivity index (χ0) is 41.3. The zero-order valence-electron chi connectivity index (χ0n) is 34.1. The van der Waals surface area contributed by atoms with Crippen molar-refractivity contribution >= 4 is 10.8 Å². The molecule has 0 amide bonds. The second-order valence-electron chi connectivity index (χ2n) is 15.5. The van der Waals surface area contributed by atoms with E-state index in [9.17, 15) is 0 Å². The molecule has 0 saturated heterocycles. The second-order valence-corrected chi connectivity index (χ2v) is 15.5. The van der Waals surface area contributed by atoms with Crippen LogP contribution < -0.4 is 0 Å². The number of hydrogen-bond acceptors (Lipinski definition) is 6. The van der Waals surface area contributed by atoms with Crippen LogP contribution in [-0.2, 0) is 0 Å². The lowest BCUT2D eigenvalue weighted by molar-refractivity contribution is 1.07. The molecule has 0 N–H and O–H groups in total. The molecule has 6 heteroatoms. The first-order valence-electron chi connectivity index (χ1n) is 20.4. The molecule has 0 aliphatic heterocycles. The summed E-state index contributed by atoms with van der Waals surface area (Å²) in [6.07, 6.45) is 0. The predicted molar refractivity (Wildman–Crippen MR) is 248 cm³/mol. The van der Waals surface area contributed by atoms with Gasteiger partial charge in [-0.25, -0.2) is 29.9 Å². The highest BCUT2D eigenvalue weighted by Crippen LogP contribution is 2.33. The van der Waals surface area contributed by atoms with Crippen molar-refractivity contribution in [3.8, 4) is 90.6 Å². The molecule has 0 unspecified atom stereocenters. The number of rotatable bonds is 8. The Bertz CT molecular complexity index is 3100. The van der Waals surface area contributed by atoms with Gasteiger partial charge >= 0.3 is 0 Å². The quantitative estimate of drug-likeness (QED) is 0.153. The van der Waals surface area contributed by atoms with Crippen molar-refractivity contribution in [1.29, 1.82) is 0 Å². The summed E-state index contributed by atoms with van der Waals surface area (Å²) in [6.45, 7) is 6.24. The van der Waals surface area contributed by atoms with Crippen LogP contribution >= 0.6 is 0 Å². The molecule has 0 aliphatic rings. The van der Waals surface area contributed by atoms with Gasteiger partial charge in [-0.1, -0.05) is 193 Å². The molecule has 0 radical (unpaired) electrons. The Labute approximate surface area is 355 Å². The lowest BCUT2D eigenvalue weighted by Crippen LogP contribution is -2.00. The number of aromatic nitrogens is 6.